The van der Waals surface area contributed by atoms with Crippen LogP contribution < -0.4 is 0 Å². The highest BCUT2D eigenvalue weighted by molar-refractivity contribution is 5.74. The molecule has 2 aromatic rings. The van der Waals surface area contributed by atoms with Crippen LogP contribution in [-0.2, 0) is 11.3 Å². The highest BCUT2D eigenvalue weighted by atomic mass is 16.4. The zero-order valence-electron chi connectivity index (χ0n) is 11.9. The van der Waals surface area contributed by atoms with Gasteiger partial charge in [0.25, 0.3) is 0 Å². The number of hydrogen-bond donors (Lipinski definition) is 1. The highest BCUT2D eigenvalue weighted by Gasteiger charge is 2.36. The molecule has 0 spiro atoms. The van der Waals surface area contributed by atoms with Crippen molar-refractivity contribution in [2.45, 2.75) is 25.9 Å². The molecule has 1 N–H and O–H groups in total. The molecular weight excluding hydrogens is 268 g/mol. The summed E-state index contributed by atoms with van der Waals surface area (Å²) in [6.45, 7) is 3.28. The molecular formula is C16H18N2O3. The first-order valence-corrected chi connectivity index (χ1v) is 7.12. The zero-order valence-corrected chi connectivity index (χ0v) is 11.9. The van der Waals surface area contributed by atoms with Crippen molar-refractivity contribution in [3.8, 4) is 11.5 Å². The van der Waals surface area contributed by atoms with E-state index in [2.05, 4.69) is 4.98 Å². The molecule has 0 saturated carbocycles. The van der Waals surface area contributed by atoms with Gasteiger partial charge in [0.15, 0.2) is 0 Å². The lowest BCUT2D eigenvalue weighted by molar-refractivity contribution is -0.143. The van der Waals surface area contributed by atoms with Crippen molar-refractivity contribution in [2.75, 3.05) is 6.54 Å². The van der Waals surface area contributed by atoms with Crippen molar-refractivity contribution in [2.24, 2.45) is 5.92 Å². The van der Waals surface area contributed by atoms with Crippen LogP contribution in [0.1, 0.15) is 19.0 Å². The molecule has 110 valence electrons. The summed E-state index contributed by atoms with van der Waals surface area (Å²) in [5.74, 6) is -0.0144. The molecule has 1 aromatic heterocycles. The van der Waals surface area contributed by atoms with Gasteiger partial charge in [-0.2, -0.15) is 0 Å². The van der Waals surface area contributed by atoms with Gasteiger partial charge in [-0.15, -0.1) is 0 Å². The van der Waals surface area contributed by atoms with E-state index in [1.54, 1.807) is 6.26 Å². The molecule has 2 atom stereocenters. The Kier molecular flexibility index (Phi) is 3.75. The topological polar surface area (TPSA) is 66.6 Å². The summed E-state index contributed by atoms with van der Waals surface area (Å²) in [7, 11) is 0. The number of nitrogens with zero attached hydrogens (tertiary/aromatic N) is 2. The Morgan fingerprint density at radius 1 is 1.43 bits per heavy atom. The van der Waals surface area contributed by atoms with Gasteiger partial charge in [0.05, 0.1) is 5.69 Å². The van der Waals surface area contributed by atoms with E-state index >= 15 is 0 Å². The number of likely N-dealkylation sites (tertiary alicyclic amines) is 1. The van der Waals surface area contributed by atoms with Crippen LogP contribution in [0.2, 0.25) is 0 Å². The lowest BCUT2D eigenvalue weighted by Gasteiger charge is -2.21. The summed E-state index contributed by atoms with van der Waals surface area (Å²) in [5, 5.41) is 9.33. The van der Waals surface area contributed by atoms with Gasteiger partial charge in [-0.1, -0.05) is 25.1 Å². The van der Waals surface area contributed by atoms with Gasteiger partial charge in [-0.25, -0.2) is 4.98 Å². The number of hydrogen-bond acceptors (Lipinski definition) is 4. The maximum Gasteiger partial charge on any atom is 0.321 e. The van der Waals surface area contributed by atoms with Crippen molar-refractivity contribution in [3.63, 3.8) is 0 Å². The number of carboxylic acids is 1. The van der Waals surface area contributed by atoms with Crippen molar-refractivity contribution in [3.05, 3.63) is 42.3 Å². The quantitative estimate of drug-likeness (QED) is 0.936. The average Bonchev–Trinajstić information content (AvgIpc) is 3.07. The fourth-order valence-corrected chi connectivity index (χ4v) is 2.90. The Bertz CT molecular complexity index is 623. The maximum absolute atomic E-state index is 11.4. The molecule has 0 bridgehead atoms. The first-order valence-electron chi connectivity index (χ1n) is 7.12. The Morgan fingerprint density at radius 3 is 2.90 bits per heavy atom. The molecule has 3 rings (SSSR count). The number of benzene rings is 1. The van der Waals surface area contributed by atoms with E-state index in [0.717, 1.165) is 24.2 Å². The van der Waals surface area contributed by atoms with Crippen molar-refractivity contribution >= 4 is 5.97 Å². The van der Waals surface area contributed by atoms with Crippen molar-refractivity contribution < 1.29 is 14.3 Å². The van der Waals surface area contributed by atoms with Gasteiger partial charge in [-0.3, -0.25) is 9.69 Å². The van der Waals surface area contributed by atoms with E-state index in [4.69, 9.17) is 4.42 Å². The van der Waals surface area contributed by atoms with Crippen LogP contribution >= 0.6 is 0 Å². The molecule has 0 aliphatic carbocycles. The van der Waals surface area contributed by atoms with Gasteiger partial charge >= 0.3 is 5.97 Å². The minimum atomic E-state index is -0.758. The number of rotatable bonds is 4. The van der Waals surface area contributed by atoms with Crippen molar-refractivity contribution in [1.29, 1.82) is 0 Å². The van der Waals surface area contributed by atoms with Gasteiger partial charge < -0.3 is 9.52 Å². The van der Waals surface area contributed by atoms with E-state index in [9.17, 15) is 9.90 Å². The first-order chi connectivity index (χ1) is 10.1. The largest absolute Gasteiger partial charge is 0.480 e. The van der Waals surface area contributed by atoms with Gasteiger partial charge in [-0.05, 0) is 31.0 Å². The molecule has 5 nitrogen and oxygen atoms in total. The SMILES string of the molecule is CC1CCN(Cc2coc(-c3ccccc3)n2)C1C(=O)O. The molecule has 5 heteroatoms. The predicted octanol–water partition coefficient (Wildman–Crippen LogP) is 2.64. The van der Waals surface area contributed by atoms with Crippen LogP contribution in [0.5, 0.6) is 0 Å². The molecule has 2 unspecified atom stereocenters. The second-order valence-electron chi connectivity index (χ2n) is 5.53. The molecule has 1 aromatic carbocycles. The zero-order chi connectivity index (χ0) is 14.8. The smallest absolute Gasteiger partial charge is 0.321 e. The van der Waals surface area contributed by atoms with Crippen LogP contribution in [0.4, 0.5) is 0 Å². The van der Waals surface area contributed by atoms with E-state index in [1.807, 2.05) is 42.2 Å². The summed E-state index contributed by atoms with van der Waals surface area (Å²) >= 11 is 0. The monoisotopic (exact) mass is 286 g/mol. The first kappa shape index (κ1) is 13.8. The van der Waals surface area contributed by atoms with E-state index in [-0.39, 0.29) is 5.92 Å². The predicted molar refractivity (Wildman–Crippen MR) is 77.6 cm³/mol. The molecule has 1 aliphatic heterocycles. The molecule has 0 amide bonds. The summed E-state index contributed by atoms with van der Waals surface area (Å²) in [6.07, 6.45) is 2.52. The molecule has 21 heavy (non-hydrogen) atoms. The summed E-state index contributed by atoms with van der Waals surface area (Å²) in [4.78, 5) is 17.8. The third-order valence-corrected chi connectivity index (χ3v) is 3.99. The summed E-state index contributed by atoms with van der Waals surface area (Å²) < 4.78 is 5.50. The maximum atomic E-state index is 11.4. The highest BCUT2D eigenvalue weighted by Crippen LogP contribution is 2.26. The molecule has 0 radical (unpaired) electrons. The van der Waals surface area contributed by atoms with Crippen LogP contribution in [0.25, 0.3) is 11.5 Å². The number of carbonyl (C=O) groups is 1. The van der Waals surface area contributed by atoms with Gasteiger partial charge in [0, 0.05) is 12.1 Å². The number of aromatic nitrogens is 1. The van der Waals surface area contributed by atoms with Crippen LogP contribution in [-0.4, -0.2) is 33.5 Å². The normalized spacial score (nSPS) is 22.5. The fraction of sp³-hybridized carbons (Fsp3) is 0.375. The molecule has 2 heterocycles. The number of oxazole rings is 1. The third kappa shape index (κ3) is 2.83. The minimum Gasteiger partial charge on any atom is -0.480 e. The fourth-order valence-electron chi connectivity index (χ4n) is 2.90. The lowest BCUT2D eigenvalue weighted by atomic mass is 10.0. The Hall–Kier alpha value is -2.14. The summed E-state index contributed by atoms with van der Waals surface area (Å²) in [5.41, 5.74) is 1.70. The van der Waals surface area contributed by atoms with E-state index in [1.165, 1.54) is 0 Å². The molecule has 1 fully saturated rings. The van der Waals surface area contributed by atoms with Crippen LogP contribution in [0.3, 0.4) is 0 Å². The van der Waals surface area contributed by atoms with Crippen LogP contribution in [0.15, 0.2) is 41.0 Å². The summed E-state index contributed by atoms with van der Waals surface area (Å²) in [6, 6.07) is 9.25. The minimum absolute atomic E-state index is 0.169. The van der Waals surface area contributed by atoms with Gasteiger partial charge in [0.1, 0.15) is 12.3 Å². The van der Waals surface area contributed by atoms with E-state index in [0.29, 0.717) is 12.4 Å². The second-order valence-corrected chi connectivity index (χ2v) is 5.53. The number of aliphatic carboxylic acids is 1. The Balaban J connectivity index is 1.74. The van der Waals surface area contributed by atoms with Crippen LogP contribution in [0, 0.1) is 5.92 Å². The molecule has 1 aliphatic rings. The average molecular weight is 286 g/mol. The standard InChI is InChI=1S/C16H18N2O3/c1-11-7-8-18(14(11)16(19)20)9-13-10-21-15(17-13)12-5-3-2-4-6-12/h2-6,10-11,14H,7-9H2,1H3,(H,19,20). The van der Waals surface area contributed by atoms with E-state index < -0.39 is 12.0 Å². The third-order valence-electron chi connectivity index (χ3n) is 3.99. The van der Waals surface area contributed by atoms with Gasteiger partial charge in [0.2, 0.25) is 5.89 Å². The van der Waals surface area contributed by atoms with Crippen molar-refractivity contribution in [1.82, 2.24) is 9.88 Å². The Morgan fingerprint density at radius 2 is 2.19 bits per heavy atom. The Labute approximate surface area is 123 Å². The lowest BCUT2D eigenvalue weighted by Crippen LogP contribution is -2.38. The second kappa shape index (κ2) is 5.69. The number of carboxylic acid groups (broad SMARTS) is 1. The molecule has 1 saturated heterocycles.